The van der Waals surface area contributed by atoms with Crippen LogP contribution in [0.25, 0.3) is 0 Å². The number of fused-ring (bicyclic) bond motifs is 2. The number of methoxy groups -OCH3 is 2. The number of benzene rings is 1. The first-order valence-corrected chi connectivity index (χ1v) is 21.0. The number of amides is 4. The number of H-pyrrole nitrogens is 2. The van der Waals surface area contributed by atoms with E-state index in [2.05, 4.69) is 66.4 Å². The van der Waals surface area contributed by atoms with E-state index in [1.807, 2.05) is 27.7 Å². The van der Waals surface area contributed by atoms with Crippen LogP contribution in [0.1, 0.15) is 143 Å². The summed E-state index contributed by atoms with van der Waals surface area (Å²) in [6.45, 7) is 8.77. The minimum Gasteiger partial charge on any atom is -0.453 e. The molecule has 312 valence electrons. The Morgan fingerprint density at radius 1 is 0.712 bits per heavy atom. The average Bonchev–Trinajstić information content (AvgIpc) is 4.09. The number of aromatic amines is 2. The maximum atomic E-state index is 13.6. The number of imidazole rings is 2. The highest BCUT2D eigenvalue weighted by molar-refractivity contribution is 5.87. The summed E-state index contributed by atoms with van der Waals surface area (Å²) in [5, 5.41) is 5.41. The number of ether oxygens (including phenoxy) is 2. The van der Waals surface area contributed by atoms with Gasteiger partial charge in [-0.05, 0) is 104 Å². The van der Waals surface area contributed by atoms with E-state index in [4.69, 9.17) is 9.47 Å². The lowest BCUT2D eigenvalue weighted by molar-refractivity contribution is -0.136. The number of aromatic nitrogens is 4. The van der Waals surface area contributed by atoms with Gasteiger partial charge in [0.15, 0.2) is 0 Å². The number of nitrogens with one attached hydrogen (secondary N) is 4. The molecule has 14 heteroatoms. The molecule has 14 nitrogen and oxygen atoms in total. The summed E-state index contributed by atoms with van der Waals surface area (Å²) in [4.78, 5) is 71.0. The van der Waals surface area contributed by atoms with Crippen molar-refractivity contribution in [3.8, 4) is 23.7 Å². The minimum atomic E-state index is -0.700. The molecule has 3 aromatic rings. The molecule has 1 saturated carbocycles. The van der Waals surface area contributed by atoms with Crippen molar-refractivity contribution in [1.29, 1.82) is 0 Å². The Bertz CT molecular complexity index is 2190. The molecular weight excluding hydrogens is 749 g/mol. The Labute approximate surface area is 346 Å². The highest BCUT2D eigenvalue weighted by Gasteiger charge is 2.43. The maximum Gasteiger partial charge on any atom is 0.407 e. The molecule has 4 atom stereocenters. The molecule has 1 spiro atoms. The van der Waals surface area contributed by atoms with Gasteiger partial charge in [0.05, 0.1) is 38.7 Å². The van der Waals surface area contributed by atoms with Crippen molar-refractivity contribution in [2.45, 2.75) is 121 Å². The second-order valence-electron chi connectivity index (χ2n) is 17.0. The monoisotopic (exact) mass is 804 g/mol. The molecule has 0 unspecified atom stereocenters. The van der Waals surface area contributed by atoms with Crippen molar-refractivity contribution in [3.05, 3.63) is 69.8 Å². The Morgan fingerprint density at radius 3 is 1.66 bits per heavy atom. The molecule has 4 amide bonds. The van der Waals surface area contributed by atoms with E-state index in [1.165, 1.54) is 38.2 Å². The minimum absolute atomic E-state index is 0.0995. The third-order valence-electron chi connectivity index (χ3n) is 12.6. The lowest BCUT2D eigenvalue weighted by Crippen LogP contribution is -2.51. The molecule has 3 fully saturated rings. The van der Waals surface area contributed by atoms with Crippen LogP contribution in [0.3, 0.4) is 0 Å². The van der Waals surface area contributed by atoms with Crippen LogP contribution >= 0.6 is 0 Å². The first-order valence-electron chi connectivity index (χ1n) is 21.0. The van der Waals surface area contributed by atoms with Gasteiger partial charge in [-0.25, -0.2) is 19.6 Å². The number of carbonyl (C=O) groups excluding carboxylic acids is 4. The summed E-state index contributed by atoms with van der Waals surface area (Å²) in [5.41, 5.74) is 6.06. The van der Waals surface area contributed by atoms with Crippen LogP contribution in [0, 0.1) is 35.5 Å². The summed E-state index contributed by atoms with van der Waals surface area (Å²) >= 11 is 0. The topological polar surface area (TPSA) is 175 Å². The molecule has 7 rings (SSSR count). The fourth-order valence-corrected chi connectivity index (χ4v) is 9.57. The summed E-state index contributed by atoms with van der Waals surface area (Å²) in [6, 6.07) is 2.31. The van der Waals surface area contributed by atoms with Gasteiger partial charge in [0.25, 0.3) is 0 Å². The molecule has 0 bridgehead atoms. The van der Waals surface area contributed by atoms with Crippen molar-refractivity contribution in [3.63, 3.8) is 0 Å². The van der Waals surface area contributed by atoms with Crippen LogP contribution in [0.15, 0.2) is 24.5 Å². The lowest BCUT2D eigenvalue weighted by Gasteiger charge is -2.29. The molecule has 59 heavy (non-hydrogen) atoms. The summed E-state index contributed by atoms with van der Waals surface area (Å²) < 4.78 is 9.55. The molecule has 4 heterocycles. The molecule has 2 aliphatic carbocycles. The van der Waals surface area contributed by atoms with Crippen LogP contribution in [-0.2, 0) is 30.9 Å². The Morgan fingerprint density at radius 2 is 1.19 bits per heavy atom. The number of likely N-dealkylation sites (tertiary alicyclic amines) is 2. The van der Waals surface area contributed by atoms with Crippen molar-refractivity contribution in [2.75, 3.05) is 27.3 Å². The highest BCUT2D eigenvalue weighted by atomic mass is 16.5. The van der Waals surface area contributed by atoms with E-state index in [-0.39, 0.29) is 41.1 Å². The first-order chi connectivity index (χ1) is 28.4. The zero-order chi connectivity index (χ0) is 41.8. The molecule has 2 aromatic heterocycles. The van der Waals surface area contributed by atoms with E-state index in [0.717, 1.165) is 62.5 Å². The second kappa shape index (κ2) is 17.6. The Kier molecular flexibility index (Phi) is 12.4. The van der Waals surface area contributed by atoms with Crippen molar-refractivity contribution in [2.24, 2.45) is 11.8 Å². The number of rotatable bonds is 8. The maximum absolute atomic E-state index is 13.6. The van der Waals surface area contributed by atoms with Gasteiger partial charge >= 0.3 is 12.2 Å². The molecular formula is C45H56N8O6. The van der Waals surface area contributed by atoms with Crippen molar-refractivity contribution in [1.82, 2.24) is 40.4 Å². The smallest absolute Gasteiger partial charge is 0.407 e. The Balaban J connectivity index is 1.10. The van der Waals surface area contributed by atoms with Gasteiger partial charge in [0.1, 0.15) is 35.1 Å². The Hall–Kier alpha value is -5.76. The van der Waals surface area contributed by atoms with E-state index in [1.54, 1.807) is 22.2 Å². The molecule has 2 aliphatic heterocycles. The number of hydrogen-bond donors (Lipinski definition) is 4. The van der Waals surface area contributed by atoms with Gasteiger partial charge in [-0.15, -0.1) is 0 Å². The van der Waals surface area contributed by atoms with E-state index >= 15 is 0 Å². The van der Waals surface area contributed by atoms with Crippen LogP contribution in [-0.4, -0.2) is 93.1 Å². The number of carbonyl (C=O) groups is 4. The molecule has 1 aromatic carbocycles. The predicted molar refractivity (Wildman–Crippen MR) is 220 cm³/mol. The first kappa shape index (κ1) is 41.4. The molecule has 0 radical (unpaired) electrons. The third kappa shape index (κ3) is 8.54. The lowest BCUT2D eigenvalue weighted by atomic mass is 9.77. The van der Waals surface area contributed by atoms with Crippen molar-refractivity contribution < 1.29 is 28.7 Å². The zero-order valence-corrected chi connectivity index (χ0v) is 35.0. The van der Waals surface area contributed by atoms with Crippen LogP contribution in [0.2, 0.25) is 0 Å². The number of hydrogen-bond acceptors (Lipinski definition) is 8. The summed E-state index contributed by atoms with van der Waals surface area (Å²) in [7, 11) is 2.58. The van der Waals surface area contributed by atoms with Gasteiger partial charge < -0.3 is 39.9 Å². The van der Waals surface area contributed by atoms with Crippen LogP contribution in [0.4, 0.5) is 9.59 Å². The van der Waals surface area contributed by atoms with Gasteiger partial charge in [-0.3, -0.25) is 9.59 Å². The largest absolute Gasteiger partial charge is 0.453 e. The van der Waals surface area contributed by atoms with Gasteiger partial charge in [0.2, 0.25) is 11.8 Å². The fourth-order valence-electron chi connectivity index (χ4n) is 9.57. The van der Waals surface area contributed by atoms with E-state index < -0.39 is 24.3 Å². The van der Waals surface area contributed by atoms with E-state index in [9.17, 15) is 19.2 Å². The molecule has 2 saturated heterocycles. The summed E-state index contributed by atoms with van der Waals surface area (Å²) in [6.07, 6.45) is 12.1. The van der Waals surface area contributed by atoms with Gasteiger partial charge in [-0.2, -0.15) is 0 Å². The standard InChI is InChI=1S/C45H56N8O6/c1-27(2)37(50-43(56)58-5)41(54)52-23-9-11-34(52)39-46-25-31(48-39)17-15-29-13-14-30(36-33(29)19-22-45(36)20-7-8-21-45)16-18-32-26-47-40(49-32)35-12-10-24-53(35)42(55)38(28(3)4)51-44(57)59-6/h13-14,25-28,34-35,37-38H,7-12,19-24H2,1-6H3,(H,46,48)(H,47,49)(H,50,56)(H,51,57)/t34-,35-,37-,38-/m0/s1. The predicted octanol–water partition coefficient (Wildman–Crippen LogP) is 5.78. The SMILES string of the molecule is COC(=O)N[C@H](C(=O)N1CCC[C@H]1c1ncc(C#Cc2ccc(C#Cc3cnc([C@@H]4CCCN4C(=O)[C@@H](NC(=O)OC)C(C)C)[nH]3)c3c2CCC32CCCC2)[nH]1)C(C)C. The highest BCUT2D eigenvalue weighted by Crippen LogP contribution is 2.52. The fraction of sp³-hybridized carbons (Fsp3) is 0.556. The van der Waals surface area contributed by atoms with Crippen LogP contribution < -0.4 is 10.6 Å². The second-order valence-corrected chi connectivity index (χ2v) is 17.0. The normalized spacial score (nSPS) is 20.1. The van der Waals surface area contributed by atoms with Gasteiger partial charge in [-0.1, -0.05) is 52.4 Å². The quantitative estimate of drug-likeness (QED) is 0.208. The van der Waals surface area contributed by atoms with Crippen LogP contribution in [0.5, 0.6) is 0 Å². The van der Waals surface area contributed by atoms with Crippen molar-refractivity contribution >= 4 is 24.0 Å². The third-order valence-corrected chi connectivity index (χ3v) is 12.6. The zero-order valence-electron chi connectivity index (χ0n) is 35.0. The molecule has 4 N–H and O–H groups in total. The number of alkyl carbamates (subject to hydrolysis) is 2. The number of nitrogens with zero attached hydrogens (tertiary/aromatic N) is 4. The van der Waals surface area contributed by atoms with E-state index in [0.29, 0.717) is 36.1 Å². The van der Waals surface area contributed by atoms with Gasteiger partial charge in [0, 0.05) is 24.2 Å². The molecule has 4 aliphatic rings. The average molecular weight is 805 g/mol. The summed E-state index contributed by atoms with van der Waals surface area (Å²) in [5.74, 6) is 14.5.